The molecule has 1 aromatic carbocycles. The van der Waals surface area contributed by atoms with Crippen LogP contribution in [0.2, 0.25) is 0 Å². The molecule has 5 heterocycles. The summed E-state index contributed by atoms with van der Waals surface area (Å²) in [6.07, 6.45) is 6.48. The van der Waals surface area contributed by atoms with Crippen molar-refractivity contribution in [2.45, 2.75) is 77.7 Å². The highest BCUT2D eigenvalue weighted by atomic mass is 16.7. The van der Waals surface area contributed by atoms with E-state index < -0.39 is 17.5 Å². The van der Waals surface area contributed by atoms with Crippen molar-refractivity contribution in [1.29, 1.82) is 0 Å². The summed E-state index contributed by atoms with van der Waals surface area (Å²) < 4.78 is 16.5. The Bertz CT molecular complexity index is 1580. The molecule has 1 atom stereocenters. The lowest BCUT2D eigenvalue weighted by molar-refractivity contribution is -0.159. The Labute approximate surface area is 270 Å². The van der Waals surface area contributed by atoms with Crippen molar-refractivity contribution in [2.75, 3.05) is 48.5 Å². The molecule has 0 amide bonds. The molecule has 0 unspecified atom stereocenters. The molecule has 0 radical (unpaired) electrons. The van der Waals surface area contributed by atoms with E-state index in [1.165, 1.54) is 5.56 Å². The van der Waals surface area contributed by atoms with Crippen molar-refractivity contribution >= 4 is 29.2 Å². The third-order valence-electron chi connectivity index (χ3n) is 8.79. The fourth-order valence-corrected chi connectivity index (χ4v) is 6.37. The van der Waals surface area contributed by atoms with Crippen LogP contribution in [-0.4, -0.2) is 65.3 Å². The van der Waals surface area contributed by atoms with E-state index >= 15 is 0 Å². The maximum absolute atomic E-state index is 13.3. The molecule has 0 saturated carbocycles. The number of carbonyl (C=O) groups excluding carboxylic acids is 2. The van der Waals surface area contributed by atoms with Gasteiger partial charge < -0.3 is 29.7 Å². The number of ether oxygens (including phenoxy) is 3. The molecule has 11 nitrogen and oxygen atoms in total. The van der Waals surface area contributed by atoms with Gasteiger partial charge in [0, 0.05) is 55.3 Å². The van der Waals surface area contributed by atoms with Gasteiger partial charge in [-0.15, -0.1) is 0 Å². The second kappa shape index (κ2) is 13.5. The number of ketones is 1. The summed E-state index contributed by atoms with van der Waals surface area (Å²) >= 11 is 0. The number of hydrogen-bond donors (Lipinski definition) is 2. The van der Waals surface area contributed by atoms with E-state index in [0.29, 0.717) is 35.2 Å². The number of aryl methyl sites for hydroxylation is 1. The molecule has 0 aliphatic carbocycles. The second-order valence-corrected chi connectivity index (χ2v) is 13.2. The van der Waals surface area contributed by atoms with Crippen LogP contribution in [0.4, 0.5) is 17.5 Å². The van der Waals surface area contributed by atoms with Gasteiger partial charge in [0.15, 0.2) is 17.3 Å². The molecular weight excluding hydrogens is 584 g/mol. The molecule has 244 valence electrons. The first kappa shape index (κ1) is 31.6. The van der Waals surface area contributed by atoms with E-state index in [-0.39, 0.29) is 25.5 Å². The molecule has 1 fully saturated rings. The van der Waals surface area contributed by atoms with E-state index in [9.17, 15) is 9.59 Å². The summed E-state index contributed by atoms with van der Waals surface area (Å²) in [7, 11) is 0. The lowest BCUT2D eigenvalue weighted by Crippen LogP contribution is -2.35. The van der Waals surface area contributed by atoms with E-state index in [1.54, 1.807) is 24.5 Å². The summed E-state index contributed by atoms with van der Waals surface area (Å²) in [5, 5.41) is 6.84. The maximum atomic E-state index is 13.3. The van der Waals surface area contributed by atoms with Gasteiger partial charge in [0.25, 0.3) is 0 Å². The summed E-state index contributed by atoms with van der Waals surface area (Å²) in [6.45, 7) is 10.6. The van der Waals surface area contributed by atoms with Gasteiger partial charge in [-0.3, -0.25) is 9.59 Å². The Balaban J connectivity index is 1.14. The average molecular weight is 629 g/mol. The van der Waals surface area contributed by atoms with Crippen LogP contribution >= 0.6 is 0 Å². The van der Waals surface area contributed by atoms with Crippen LogP contribution in [-0.2, 0) is 22.4 Å². The number of rotatable bonds is 10. The number of benzene rings is 1. The molecule has 0 bridgehead atoms. The first-order chi connectivity index (χ1) is 22.2. The molecule has 2 N–H and O–H groups in total. The first-order valence-electron chi connectivity index (χ1n) is 16.4. The minimum atomic E-state index is -0.727. The van der Waals surface area contributed by atoms with E-state index in [0.717, 1.165) is 68.2 Å². The third kappa shape index (κ3) is 7.18. The third-order valence-corrected chi connectivity index (χ3v) is 8.79. The molecule has 3 aliphatic heterocycles. The maximum Gasteiger partial charge on any atom is 0.311 e. The Morgan fingerprint density at radius 1 is 1.11 bits per heavy atom. The number of esters is 1. The summed E-state index contributed by atoms with van der Waals surface area (Å²) in [6, 6.07) is 9.52. The van der Waals surface area contributed by atoms with Crippen LogP contribution in [0.15, 0.2) is 36.7 Å². The molecule has 46 heavy (non-hydrogen) atoms. The first-order valence-corrected chi connectivity index (χ1v) is 16.4. The number of aromatic nitrogens is 3. The zero-order valence-electron chi connectivity index (χ0n) is 27.2. The highest BCUT2D eigenvalue weighted by molar-refractivity contribution is 5.98. The lowest BCUT2D eigenvalue weighted by Gasteiger charge is -2.34. The van der Waals surface area contributed by atoms with E-state index in [2.05, 4.69) is 39.6 Å². The van der Waals surface area contributed by atoms with Crippen LogP contribution in [0.3, 0.4) is 0 Å². The van der Waals surface area contributed by atoms with Crippen molar-refractivity contribution in [3.05, 3.63) is 59.0 Å². The zero-order valence-corrected chi connectivity index (χ0v) is 27.2. The van der Waals surface area contributed by atoms with Gasteiger partial charge >= 0.3 is 5.97 Å². The predicted octanol–water partition coefficient (Wildman–Crippen LogP) is 5.55. The highest BCUT2D eigenvalue weighted by Crippen LogP contribution is 2.35. The molecule has 2 aromatic heterocycles. The quantitative estimate of drug-likeness (QED) is 0.217. The number of piperidine rings is 1. The molecule has 3 aliphatic rings. The molecular formula is C35H44N6O5. The van der Waals surface area contributed by atoms with Gasteiger partial charge in [0.2, 0.25) is 6.79 Å². The van der Waals surface area contributed by atoms with Crippen LogP contribution in [0.25, 0.3) is 0 Å². The number of nitrogens with one attached hydrogen (secondary N) is 2. The molecule has 1 saturated heterocycles. The number of hydrogen-bond acceptors (Lipinski definition) is 11. The van der Waals surface area contributed by atoms with Crippen LogP contribution < -0.4 is 25.0 Å². The van der Waals surface area contributed by atoms with Crippen molar-refractivity contribution < 1.29 is 23.8 Å². The molecule has 3 aromatic rings. The SMILES string of the molecule is CCc1c(NC[C@H](CC(=O)c2ccc3c(c2)OCO3)C(=O)OC(C)(C)C)ncnc1N1CCC(c2ccc3c(n2)NCCC3)CC1. The number of carbonyl (C=O) groups is 2. The Kier molecular flexibility index (Phi) is 9.28. The van der Waals surface area contributed by atoms with Crippen LogP contribution in [0.5, 0.6) is 11.5 Å². The zero-order chi connectivity index (χ0) is 32.3. The number of pyridine rings is 1. The average Bonchev–Trinajstić information content (AvgIpc) is 3.53. The topological polar surface area (TPSA) is 128 Å². The van der Waals surface area contributed by atoms with Crippen molar-refractivity contribution in [1.82, 2.24) is 15.0 Å². The summed E-state index contributed by atoms with van der Waals surface area (Å²) in [5.41, 5.74) is 3.23. The molecule has 6 rings (SSSR count). The van der Waals surface area contributed by atoms with Crippen molar-refractivity contribution in [3.8, 4) is 11.5 Å². The lowest BCUT2D eigenvalue weighted by atomic mass is 9.92. The highest BCUT2D eigenvalue weighted by Gasteiger charge is 2.30. The minimum absolute atomic E-state index is 0.0271. The van der Waals surface area contributed by atoms with Gasteiger partial charge in [-0.25, -0.2) is 15.0 Å². The standard InChI is InChI=1S/C35H44N6O5/c1-5-26-32(37-19-25(34(43)46-35(2,3)4)17-28(42)24-9-11-29-30(18-24)45-21-44-29)38-20-39-33(26)41-15-12-22(13-16-41)27-10-8-23-7-6-14-36-31(23)40-27/h8-11,18,20,22,25H,5-7,12-17,19,21H2,1-4H3,(H,36,40)(H,37,38,39)/t25-/m0/s1. The monoisotopic (exact) mass is 628 g/mol. The van der Waals surface area contributed by atoms with Gasteiger partial charge in [-0.2, -0.15) is 0 Å². The smallest absolute Gasteiger partial charge is 0.311 e. The number of Topliss-reactive ketones (excluding diaryl/α,β-unsaturated/α-hetero) is 1. The van der Waals surface area contributed by atoms with Gasteiger partial charge in [-0.05, 0) is 82.7 Å². The second-order valence-electron chi connectivity index (χ2n) is 13.2. The van der Waals surface area contributed by atoms with Gasteiger partial charge in [-0.1, -0.05) is 13.0 Å². The molecule has 0 spiro atoms. The fourth-order valence-electron chi connectivity index (χ4n) is 6.37. The van der Waals surface area contributed by atoms with E-state index in [1.807, 2.05) is 20.8 Å². The largest absolute Gasteiger partial charge is 0.460 e. The van der Waals surface area contributed by atoms with Crippen LogP contribution in [0.1, 0.15) is 86.5 Å². The normalized spacial score (nSPS) is 16.7. The number of anilines is 3. The van der Waals surface area contributed by atoms with Crippen molar-refractivity contribution in [2.24, 2.45) is 5.92 Å². The summed E-state index contributed by atoms with van der Waals surface area (Å²) in [5.74, 6) is 2.82. The van der Waals surface area contributed by atoms with Gasteiger partial charge in [0.1, 0.15) is 29.4 Å². The fraction of sp³-hybridized carbons (Fsp3) is 0.514. The van der Waals surface area contributed by atoms with Crippen molar-refractivity contribution in [3.63, 3.8) is 0 Å². The molecule has 11 heteroatoms. The Morgan fingerprint density at radius 2 is 1.91 bits per heavy atom. The number of fused-ring (bicyclic) bond motifs is 2. The summed E-state index contributed by atoms with van der Waals surface area (Å²) in [4.78, 5) is 43.2. The van der Waals surface area contributed by atoms with E-state index in [4.69, 9.17) is 24.2 Å². The predicted molar refractivity (Wildman–Crippen MR) is 176 cm³/mol. The van der Waals surface area contributed by atoms with Gasteiger partial charge in [0.05, 0.1) is 5.92 Å². The minimum Gasteiger partial charge on any atom is -0.460 e. The Hall–Kier alpha value is -4.41. The van der Waals surface area contributed by atoms with Crippen LogP contribution in [0, 0.1) is 5.92 Å². The number of nitrogens with zero attached hydrogens (tertiary/aromatic N) is 4. The Morgan fingerprint density at radius 3 is 2.70 bits per heavy atom.